The third kappa shape index (κ3) is 6.96. The fraction of sp³-hybridized carbons (Fsp3) is 0. The molecule has 2 rings (SSSR count). The molecule has 15 heavy (non-hydrogen) atoms. The SMILES string of the molecule is N#[N+]c1[c-]cccc1.[Y].[c-]1ccccc1. The molecule has 0 aliphatic carbocycles. The number of hydrogen-bond donors (Lipinski definition) is 0. The van der Waals surface area contributed by atoms with E-state index in [1.165, 1.54) is 0 Å². The van der Waals surface area contributed by atoms with Crippen molar-refractivity contribution < 1.29 is 32.7 Å². The number of diazo groups is 1. The normalized spacial score (nSPS) is 7.40. The van der Waals surface area contributed by atoms with E-state index < -0.39 is 0 Å². The van der Waals surface area contributed by atoms with E-state index >= 15 is 0 Å². The molecule has 0 saturated heterocycles. The zero-order chi connectivity index (χ0) is 10.1. The monoisotopic (exact) mass is 270 g/mol. The molecule has 0 amide bonds. The Bertz CT molecular complexity index is 355. The van der Waals surface area contributed by atoms with E-state index in [1.54, 1.807) is 18.2 Å². The van der Waals surface area contributed by atoms with Crippen molar-refractivity contribution in [1.29, 1.82) is 5.39 Å². The van der Waals surface area contributed by atoms with E-state index in [1.807, 2.05) is 36.4 Å². The van der Waals surface area contributed by atoms with Crippen LogP contribution in [0.2, 0.25) is 0 Å². The van der Waals surface area contributed by atoms with Crippen LogP contribution in [-0.2, 0) is 32.7 Å². The third-order valence-corrected chi connectivity index (χ3v) is 1.41. The molecule has 0 bridgehead atoms. The standard InChI is InChI=1S/C6H4N2.C6H5.Y/c7-8-6-4-2-1-3-5-6;1-2-4-6-5-3-1;/h1-4H;1-5H;/q;-1;. The van der Waals surface area contributed by atoms with E-state index in [2.05, 4.69) is 17.1 Å². The molecule has 2 nitrogen and oxygen atoms in total. The van der Waals surface area contributed by atoms with Crippen LogP contribution in [-0.4, -0.2) is 0 Å². The molecule has 0 atom stereocenters. The molecular formula is C12H9N2Y-. The smallest absolute Gasteiger partial charge is 0.184 e. The summed E-state index contributed by atoms with van der Waals surface area (Å²) in [5, 5.41) is 8.13. The fourth-order valence-corrected chi connectivity index (χ4v) is 0.788. The topological polar surface area (TPSA) is 28.1 Å². The average molecular weight is 270 g/mol. The van der Waals surface area contributed by atoms with Gasteiger partial charge in [-0.15, -0.1) is 0 Å². The van der Waals surface area contributed by atoms with Crippen LogP contribution < -0.4 is 0 Å². The summed E-state index contributed by atoms with van der Waals surface area (Å²) in [5.41, 5.74) is 0.465. The van der Waals surface area contributed by atoms with Crippen LogP contribution in [0.25, 0.3) is 4.98 Å². The maximum absolute atomic E-state index is 8.13. The Kier molecular flexibility index (Phi) is 8.86. The molecule has 2 aromatic rings. The first-order chi connectivity index (χ1) is 6.93. The van der Waals surface area contributed by atoms with Crippen molar-refractivity contribution >= 4 is 5.69 Å². The van der Waals surface area contributed by atoms with Crippen molar-refractivity contribution in [3.8, 4) is 0 Å². The Balaban J connectivity index is 0.000000253. The van der Waals surface area contributed by atoms with Crippen molar-refractivity contribution in [3.05, 3.63) is 71.7 Å². The van der Waals surface area contributed by atoms with Crippen LogP contribution in [0.15, 0.2) is 54.6 Å². The first kappa shape index (κ1) is 14.0. The summed E-state index contributed by atoms with van der Waals surface area (Å²) in [4.78, 5) is 2.92. The second kappa shape index (κ2) is 9.52. The minimum Gasteiger partial charge on any atom is -0.184 e. The first-order valence-electron chi connectivity index (χ1n) is 4.16. The summed E-state index contributed by atoms with van der Waals surface area (Å²) < 4.78 is 0. The largest absolute Gasteiger partial charge is 0.279 e. The Morgan fingerprint density at radius 2 is 1.60 bits per heavy atom. The van der Waals surface area contributed by atoms with E-state index in [4.69, 9.17) is 5.39 Å². The summed E-state index contributed by atoms with van der Waals surface area (Å²) in [5.74, 6) is 0. The summed E-state index contributed by atoms with van der Waals surface area (Å²) >= 11 is 0. The molecule has 0 aliphatic rings. The van der Waals surface area contributed by atoms with Crippen LogP contribution in [0.5, 0.6) is 0 Å². The number of hydrogen-bond acceptors (Lipinski definition) is 1. The Hall–Kier alpha value is -1.04. The summed E-state index contributed by atoms with van der Waals surface area (Å²) in [6, 6.07) is 22.2. The second-order valence-electron chi connectivity index (χ2n) is 2.43. The van der Waals surface area contributed by atoms with Gasteiger partial charge in [0.2, 0.25) is 5.39 Å². The van der Waals surface area contributed by atoms with Gasteiger partial charge in [0.25, 0.3) is 5.69 Å². The molecular weight excluding hydrogens is 261 g/mol. The maximum atomic E-state index is 8.13. The zero-order valence-corrected chi connectivity index (χ0v) is 11.0. The maximum Gasteiger partial charge on any atom is 0.279 e. The van der Waals surface area contributed by atoms with Gasteiger partial charge in [-0.1, -0.05) is 12.1 Å². The second-order valence-corrected chi connectivity index (χ2v) is 2.43. The van der Waals surface area contributed by atoms with Crippen LogP contribution >= 0.6 is 0 Å². The van der Waals surface area contributed by atoms with Gasteiger partial charge in [0.1, 0.15) is 4.98 Å². The quantitative estimate of drug-likeness (QED) is 0.532. The molecule has 0 fully saturated rings. The summed E-state index contributed by atoms with van der Waals surface area (Å²) in [6.45, 7) is 0. The fourth-order valence-electron chi connectivity index (χ4n) is 0.788. The Morgan fingerprint density at radius 3 is 1.87 bits per heavy atom. The van der Waals surface area contributed by atoms with Gasteiger partial charge in [-0.2, -0.15) is 54.6 Å². The first-order valence-corrected chi connectivity index (χ1v) is 4.16. The van der Waals surface area contributed by atoms with Gasteiger partial charge in [-0.05, 0) is 0 Å². The van der Waals surface area contributed by atoms with Gasteiger partial charge in [-0.3, -0.25) is 0 Å². The average Bonchev–Trinajstić information content (AvgIpc) is 2.33. The van der Waals surface area contributed by atoms with Gasteiger partial charge in [0.15, 0.2) is 0 Å². The molecule has 0 aromatic heterocycles. The molecule has 0 spiro atoms. The molecule has 0 unspecified atom stereocenters. The van der Waals surface area contributed by atoms with Crippen molar-refractivity contribution in [2.75, 3.05) is 0 Å². The molecule has 3 heteroatoms. The van der Waals surface area contributed by atoms with Gasteiger partial charge in [0, 0.05) is 32.7 Å². The van der Waals surface area contributed by atoms with Gasteiger partial charge >= 0.3 is 0 Å². The number of rotatable bonds is 0. The summed E-state index contributed by atoms with van der Waals surface area (Å²) in [7, 11) is 0. The van der Waals surface area contributed by atoms with E-state index in [9.17, 15) is 0 Å². The zero-order valence-electron chi connectivity index (χ0n) is 8.17. The molecule has 0 heterocycles. The predicted octanol–water partition coefficient (Wildman–Crippen LogP) is 3.46. The van der Waals surface area contributed by atoms with Gasteiger partial charge < -0.3 is 0 Å². The summed E-state index contributed by atoms with van der Waals surface area (Å²) in [6.07, 6.45) is 0. The molecule has 2 aromatic carbocycles. The molecule has 0 saturated carbocycles. The Morgan fingerprint density at radius 1 is 0.933 bits per heavy atom. The van der Waals surface area contributed by atoms with Crippen LogP contribution in [0, 0.1) is 17.5 Å². The van der Waals surface area contributed by atoms with Crippen LogP contribution in [0.1, 0.15) is 0 Å². The third-order valence-electron chi connectivity index (χ3n) is 1.41. The number of benzene rings is 2. The Labute approximate surface area is 115 Å². The van der Waals surface area contributed by atoms with Crippen LogP contribution in [0.3, 0.4) is 0 Å². The molecule has 1 radical (unpaired) electrons. The minimum absolute atomic E-state index is 0. The molecule has 71 valence electrons. The minimum atomic E-state index is 0. The van der Waals surface area contributed by atoms with Crippen LogP contribution in [0.4, 0.5) is 5.69 Å². The molecule has 0 aliphatic heterocycles. The van der Waals surface area contributed by atoms with E-state index in [-0.39, 0.29) is 32.7 Å². The molecule has 0 N–H and O–H groups in total. The number of nitrogens with zero attached hydrogens (tertiary/aromatic N) is 2. The van der Waals surface area contributed by atoms with Gasteiger partial charge in [-0.25, -0.2) is 0 Å². The van der Waals surface area contributed by atoms with E-state index in [0.717, 1.165) is 0 Å². The van der Waals surface area contributed by atoms with Crippen molar-refractivity contribution in [1.82, 2.24) is 0 Å². The van der Waals surface area contributed by atoms with E-state index in [0.29, 0.717) is 5.69 Å². The van der Waals surface area contributed by atoms with Crippen molar-refractivity contribution in [2.24, 2.45) is 0 Å². The van der Waals surface area contributed by atoms with Gasteiger partial charge in [0.05, 0.1) is 0 Å². The van der Waals surface area contributed by atoms with Crippen molar-refractivity contribution in [3.63, 3.8) is 0 Å². The predicted molar refractivity (Wildman–Crippen MR) is 55.3 cm³/mol. The van der Waals surface area contributed by atoms with Crippen molar-refractivity contribution in [2.45, 2.75) is 0 Å².